The summed E-state index contributed by atoms with van der Waals surface area (Å²) < 4.78 is 5.47. The van der Waals surface area contributed by atoms with E-state index in [1.807, 2.05) is 25.2 Å². The zero-order valence-electron chi connectivity index (χ0n) is 12.0. The van der Waals surface area contributed by atoms with Gasteiger partial charge in [0.25, 0.3) is 5.91 Å². The summed E-state index contributed by atoms with van der Waals surface area (Å²) in [4.78, 5) is 14.2. The first-order valence-electron chi connectivity index (χ1n) is 6.82. The van der Waals surface area contributed by atoms with Crippen LogP contribution in [0.2, 0.25) is 5.02 Å². The molecule has 1 N–H and O–H groups in total. The van der Waals surface area contributed by atoms with Crippen LogP contribution in [0.15, 0.2) is 24.3 Å². The normalized spacial score (nSPS) is 19.1. The van der Waals surface area contributed by atoms with Crippen molar-refractivity contribution in [3.63, 3.8) is 0 Å². The number of benzene rings is 1. The molecule has 1 aliphatic rings. The summed E-state index contributed by atoms with van der Waals surface area (Å²) >= 11 is 7.27. The molecule has 0 bridgehead atoms. The molecule has 0 spiro atoms. The number of anilines is 1. The van der Waals surface area contributed by atoms with Gasteiger partial charge in [-0.05, 0) is 19.2 Å². The summed E-state index contributed by atoms with van der Waals surface area (Å²) in [5.74, 6) is -0.194. The zero-order chi connectivity index (χ0) is 15.5. The average Bonchev–Trinajstić information content (AvgIpc) is 2.96. The van der Waals surface area contributed by atoms with Crippen LogP contribution in [0, 0.1) is 0 Å². The van der Waals surface area contributed by atoms with Crippen molar-refractivity contribution in [2.45, 2.75) is 6.10 Å². The third-order valence-corrected chi connectivity index (χ3v) is 4.41. The van der Waals surface area contributed by atoms with E-state index in [4.69, 9.17) is 16.3 Å². The highest BCUT2D eigenvalue weighted by Crippen LogP contribution is 2.28. The third-order valence-electron chi connectivity index (χ3n) is 3.29. The van der Waals surface area contributed by atoms with E-state index in [1.165, 1.54) is 11.3 Å². The van der Waals surface area contributed by atoms with Gasteiger partial charge in [0.2, 0.25) is 5.13 Å². The molecule has 1 aromatic heterocycles. The van der Waals surface area contributed by atoms with Gasteiger partial charge in [0, 0.05) is 23.7 Å². The highest BCUT2D eigenvalue weighted by atomic mass is 35.5. The lowest BCUT2D eigenvalue weighted by molar-refractivity contribution is -0.132. The molecule has 1 saturated heterocycles. The molecule has 1 unspecified atom stereocenters. The maximum absolute atomic E-state index is 12.2. The summed E-state index contributed by atoms with van der Waals surface area (Å²) in [5.41, 5.74) is 0.874. The number of aromatic nitrogens is 2. The Morgan fingerprint density at radius 1 is 1.50 bits per heavy atom. The van der Waals surface area contributed by atoms with Crippen LogP contribution in [0.1, 0.15) is 0 Å². The van der Waals surface area contributed by atoms with Crippen molar-refractivity contribution in [2.24, 2.45) is 0 Å². The Labute approximate surface area is 137 Å². The molecule has 2 aromatic rings. The van der Waals surface area contributed by atoms with Gasteiger partial charge < -0.3 is 9.64 Å². The second kappa shape index (κ2) is 6.70. The van der Waals surface area contributed by atoms with Crippen LogP contribution in [0.3, 0.4) is 0 Å². The van der Waals surface area contributed by atoms with Gasteiger partial charge in [-0.15, -0.1) is 10.2 Å². The molecule has 22 heavy (non-hydrogen) atoms. The summed E-state index contributed by atoms with van der Waals surface area (Å²) in [7, 11) is 1.96. The number of carbonyl (C=O) groups excluding carboxylic acids is 1. The average molecular weight is 339 g/mol. The van der Waals surface area contributed by atoms with Gasteiger partial charge in [0.1, 0.15) is 11.1 Å². The lowest BCUT2D eigenvalue weighted by Crippen LogP contribution is -2.46. The fourth-order valence-corrected chi connectivity index (χ4v) is 3.07. The Morgan fingerprint density at radius 3 is 3.14 bits per heavy atom. The maximum Gasteiger partial charge on any atom is 0.256 e. The van der Waals surface area contributed by atoms with Crippen molar-refractivity contribution in [2.75, 3.05) is 32.1 Å². The predicted molar refractivity (Wildman–Crippen MR) is 86.2 cm³/mol. The molecule has 0 saturated carbocycles. The van der Waals surface area contributed by atoms with E-state index in [9.17, 15) is 4.79 Å². The van der Waals surface area contributed by atoms with Crippen molar-refractivity contribution in [1.82, 2.24) is 15.1 Å². The van der Waals surface area contributed by atoms with Gasteiger partial charge in [-0.25, -0.2) is 0 Å². The number of halogens is 1. The van der Waals surface area contributed by atoms with E-state index >= 15 is 0 Å². The Hall–Kier alpha value is -1.54. The highest BCUT2D eigenvalue weighted by molar-refractivity contribution is 7.18. The van der Waals surface area contributed by atoms with E-state index in [0.29, 0.717) is 28.3 Å². The topological polar surface area (TPSA) is 67.3 Å². The van der Waals surface area contributed by atoms with Crippen molar-refractivity contribution >= 4 is 34.0 Å². The quantitative estimate of drug-likeness (QED) is 0.928. The molecule has 1 aliphatic heterocycles. The number of likely N-dealkylation sites (N-methyl/N-ethyl adjacent to an activating group) is 1. The smallest absolute Gasteiger partial charge is 0.256 e. The lowest BCUT2D eigenvalue weighted by Gasteiger charge is -2.28. The molecule has 0 radical (unpaired) electrons. The van der Waals surface area contributed by atoms with E-state index in [1.54, 1.807) is 6.07 Å². The van der Waals surface area contributed by atoms with Crippen LogP contribution in [-0.4, -0.2) is 53.9 Å². The standard InChI is InChI=1S/C14H15ClN4O2S/c1-19-5-6-21-11(8-19)12(20)16-14-18-17-13(22-14)9-3-2-4-10(15)7-9/h2-4,7,11H,5-6,8H2,1H3,(H,16,18,20). The second-order valence-electron chi connectivity index (χ2n) is 5.03. The summed E-state index contributed by atoms with van der Waals surface area (Å²) in [5, 5.41) is 12.6. The van der Waals surface area contributed by atoms with Crippen molar-refractivity contribution in [3.05, 3.63) is 29.3 Å². The number of ether oxygens (including phenoxy) is 1. The zero-order valence-corrected chi connectivity index (χ0v) is 13.5. The monoisotopic (exact) mass is 338 g/mol. The fraction of sp³-hybridized carbons (Fsp3) is 0.357. The van der Waals surface area contributed by atoms with Crippen LogP contribution in [0.25, 0.3) is 10.6 Å². The van der Waals surface area contributed by atoms with E-state index in [2.05, 4.69) is 20.4 Å². The Balaban J connectivity index is 1.68. The van der Waals surface area contributed by atoms with Gasteiger partial charge in [-0.1, -0.05) is 35.1 Å². The van der Waals surface area contributed by atoms with E-state index in [-0.39, 0.29) is 5.91 Å². The molecule has 1 amide bonds. The number of nitrogens with zero attached hydrogens (tertiary/aromatic N) is 3. The molecule has 0 aliphatic carbocycles. The summed E-state index contributed by atoms with van der Waals surface area (Å²) in [6, 6.07) is 7.36. The van der Waals surface area contributed by atoms with Crippen LogP contribution in [-0.2, 0) is 9.53 Å². The first-order valence-corrected chi connectivity index (χ1v) is 8.02. The molecule has 3 rings (SSSR count). The molecule has 1 aromatic carbocycles. The number of hydrogen-bond acceptors (Lipinski definition) is 6. The molecule has 6 nitrogen and oxygen atoms in total. The number of rotatable bonds is 3. The van der Waals surface area contributed by atoms with E-state index in [0.717, 1.165) is 12.1 Å². The molecular formula is C14H15ClN4O2S. The van der Waals surface area contributed by atoms with Crippen LogP contribution in [0.5, 0.6) is 0 Å². The van der Waals surface area contributed by atoms with Crippen molar-refractivity contribution in [1.29, 1.82) is 0 Å². The third kappa shape index (κ3) is 3.61. The van der Waals surface area contributed by atoms with Crippen LogP contribution < -0.4 is 5.32 Å². The molecule has 1 fully saturated rings. The van der Waals surface area contributed by atoms with E-state index < -0.39 is 6.10 Å². The summed E-state index contributed by atoms with van der Waals surface area (Å²) in [6.45, 7) is 1.96. The number of nitrogens with one attached hydrogen (secondary N) is 1. The number of amides is 1. The molecule has 2 heterocycles. The molecule has 1 atom stereocenters. The highest BCUT2D eigenvalue weighted by Gasteiger charge is 2.25. The molecule has 116 valence electrons. The Kier molecular flexibility index (Phi) is 4.68. The summed E-state index contributed by atoms with van der Waals surface area (Å²) in [6.07, 6.45) is -0.475. The van der Waals surface area contributed by atoms with Crippen molar-refractivity contribution < 1.29 is 9.53 Å². The van der Waals surface area contributed by atoms with Gasteiger partial charge in [0.15, 0.2) is 0 Å². The minimum Gasteiger partial charge on any atom is -0.366 e. The molecule has 8 heteroatoms. The van der Waals surface area contributed by atoms with Gasteiger partial charge in [-0.2, -0.15) is 0 Å². The first-order chi connectivity index (χ1) is 10.6. The largest absolute Gasteiger partial charge is 0.366 e. The maximum atomic E-state index is 12.2. The number of carbonyl (C=O) groups is 1. The molecular weight excluding hydrogens is 324 g/mol. The second-order valence-corrected chi connectivity index (χ2v) is 6.45. The minimum atomic E-state index is -0.475. The van der Waals surface area contributed by atoms with Crippen molar-refractivity contribution in [3.8, 4) is 10.6 Å². The Morgan fingerprint density at radius 2 is 2.36 bits per heavy atom. The lowest BCUT2D eigenvalue weighted by atomic mass is 10.2. The number of morpholine rings is 1. The van der Waals surface area contributed by atoms with Crippen LogP contribution >= 0.6 is 22.9 Å². The SMILES string of the molecule is CN1CCOC(C(=O)Nc2nnc(-c3cccc(Cl)c3)s2)C1. The van der Waals surface area contributed by atoms with Gasteiger partial charge in [0.05, 0.1) is 6.61 Å². The minimum absolute atomic E-state index is 0.194. The van der Waals surface area contributed by atoms with Crippen LogP contribution in [0.4, 0.5) is 5.13 Å². The first kappa shape index (κ1) is 15.4. The fourth-order valence-electron chi connectivity index (χ4n) is 2.13. The predicted octanol–water partition coefficient (Wildman–Crippen LogP) is 2.13. The van der Waals surface area contributed by atoms with Gasteiger partial charge >= 0.3 is 0 Å². The van der Waals surface area contributed by atoms with Gasteiger partial charge in [-0.3, -0.25) is 10.1 Å². The number of hydrogen-bond donors (Lipinski definition) is 1. The Bertz CT molecular complexity index is 678.